The number of rotatable bonds is 3. The lowest BCUT2D eigenvalue weighted by Gasteiger charge is -2.29. The van der Waals surface area contributed by atoms with Gasteiger partial charge in [-0.1, -0.05) is 0 Å². The van der Waals surface area contributed by atoms with Gasteiger partial charge in [0.25, 0.3) is 0 Å². The van der Waals surface area contributed by atoms with Crippen LogP contribution in [0.1, 0.15) is 19.8 Å². The largest absolute Gasteiger partial charge is 0.479 e. The van der Waals surface area contributed by atoms with Gasteiger partial charge in [0.05, 0.1) is 0 Å². The molecule has 8 heteroatoms. The Morgan fingerprint density at radius 2 is 2.00 bits per heavy atom. The third kappa shape index (κ3) is 2.68. The molecule has 0 aliphatic carbocycles. The van der Waals surface area contributed by atoms with E-state index in [9.17, 15) is 22.8 Å². The lowest BCUT2D eigenvalue weighted by molar-refractivity contribution is -0.207. The van der Waals surface area contributed by atoms with Crippen molar-refractivity contribution in [1.29, 1.82) is 0 Å². The third-order valence-electron chi connectivity index (χ3n) is 2.59. The SMILES string of the molecule is CC(NC(=O)[C@H]1CCCO1)(C(=O)O)C(F)(F)F. The summed E-state index contributed by atoms with van der Waals surface area (Å²) in [7, 11) is 0. The van der Waals surface area contributed by atoms with Crippen LogP contribution in [-0.2, 0) is 14.3 Å². The molecule has 1 heterocycles. The summed E-state index contributed by atoms with van der Waals surface area (Å²) < 4.78 is 42.6. The number of carboxylic acids is 1. The summed E-state index contributed by atoms with van der Waals surface area (Å²) in [5, 5.41) is 10.1. The van der Waals surface area contributed by atoms with Gasteiger partial charge in [0.15, 0.2) is 0 Å². The molecule has 1 amide bonds. The Kier molecular flexibility index (Phi) is 3.65. The number of alkyl halides is 3. The maximum Gasteiger partial charge on any atom is 0.422 e. The van der Waals surface area contributed by atoms with E-state index in [4.69, 9.17) is 9.84 Å². The third-order valence-corrected chi connectivity index (χ3v) is 2.59. The van der Waals surface area contributed by atoms with Gasteiger partial charge in [-0.05, 0) is 19.8 Å². The van der Waals surface area contributed by atoms with Gasteiger partial charge in [0.2, 0.25) is 11.4 Å². The fraction of sp³-hybridized carbons (Fsp3) is 0.778. The summed E-state index contributed by atoms with van der Waals surface area (Å²) in [6.45, 7) is 0.691. The van der Waals surface area contributed by atoms with E-state index in [2.05, 4.69) is 0 Å². The number of hydrogen-bond donors (Lipinski definition) is 2. The smallest absolute Gasteiger partial charge is 0.422 e. The Morgan fingerprint density at radius 1 is 1.41 bits per heavy atom. The average molecular weight is 255 g/mol. The number of nitrogens with one attached hydrogen (secondary N) is 1. The standard InChI is InChI=1S/C9H12F3NO4/c1-8(7(15)16,9(10,11)12)13-6(14)5-3-2-4-17-5/h5H,2-4H2,1H3,(H,13,14)(H,15,16)/t5-,8?/m1/s1. The maximum absolute atomic E-state index is 12.6. The predicted molar refractivity (Wildman–Crippen MR) is 49.2 cm³/mol. The molecule has 2 N–H and O–H groups in total. The Hall–Kier alpha value is -1.31. The van der Waals surface area contributed by atoms with E-state index in [1.54, 1.807) is 0 Å². The monoisotopic (exact) mass is 255 g/mol. The lowest BCUT2D eigenvalue weighted by atomic mass is 10.0. The van der Waals surface area contributed by atoms with E-state index >= 15 is 0 Å². The maximum atomic E-state index is 12.6. The Bertz CT molecular complexity index is 325. The second-order valence-corrected chi connectivity index (χ2v) is 3.92. The van der Waals surface area contributed by atoms with Crippen molar-refractivity contribution in [3.8, 4) is 0 Å². The van der Waals surface area contributed by atoms with Gasteiger partial charge in [-0.2, -0.15) is 13.2 Å². The molecular weight excluding hydrogens is 243 g/mol. The minimum Gasteiger partial charge on any atom is -0.479 e. The molecule has 1 aliphatic rings. The van der Waals surface area contributed by atoms with Crippen LogP contribution in [0.5, 0.6) is 0 Å². The minimum absolute atomic E-state index is 0.286. The molecule has 1 saturated heterocycles. The number of carbonyl (C=O) groups is 2. The van der Waals surface area contributed by atoms with Crippen molar-refractivity contribution in [3.05, 3.63) is 0 Å². The zero-order valence-corrected chi connectivity index (χ0v) is 9.00. The van der Waals surface area contributed by atoms with Crippen LogP contribution in [0.25, 0.3) is 0 Å². The molecule has 0 spiro atoms. The predicted octanol–water partition coefficient (Wildman–Crippen LogP) is 0.687. The van der Waals surface area contributed by atoms with Gasteiger partial charge < -0.3 is 15.2 Å². The van der Waals surface area contributed by atoms with E-state index in [0.717, 1.165) is 0 Å². The van der Waals surface area contributed by atoms with Crippen molar-refractivity contribution in [2.75, 3.05) is 6.61 Å². The molecule has 0 aromatic carbocycles. The highest BCUT2D eigenvalue weighted by atomic mass is 19.4. The van der Waals surface area contributed by atoms with Crippen LogP contribution in [0.4, 0.5) is 13.2 Å². The van der Waals surface area contributed by atoms with Crippen molar-refractivity contribution < 1.29 is 32.6 Å². The van der Waals surface area contributed by atoms with Crippen LogP contribution >= 0.6 is 0 Å². The zero-order valence-electron chi connectivity index (χ0n) is 9.00. The molecule has 2 atom stereocenters. The van der Waals surface area contributed by atoms with Gasteiger partial charge in [-0.3, -0.25) is 4.79 Å². The average Bonchev–Trinajstić information content (AvgIpc) is 2.67. The first-order valence-corrected chi connectivity index (χ1v) is 4.92. The molecule has 0 saturated carbocycles. The van der Waals surface area contributed by atoms with E-state index in [1.807, 2.05) is 0 Å². The van der Waals surface area contributed by atoms with Crippen LogP contribution in [0.2, 0.25) is 0 Å². The van der Waals surface area contributed by atoms with Gasteiger partial charge in [0.1, 0.15) is 6.10 Å². The molecule has 0 bridgehead atoms. The minimum atomic E-state index is -5.08. The number of ether oxygens (including phenoxy) is 1. The van der Waals surface area contributed by atoms with Crippen molar-refractivity contribution in [1.82, 2.24) is 5.32 Å². The second-order valence-electron chi connectivity index (χ2n) is 3.92. The molecule has 1 aliphatic heterocycles. The fourth-order valence-electron chi connectivity index (χ4n) is 1.36. The zero-order chi connectivity index (χ0) is 13.3. The molecule has 5 nitrogen and oxygen atoms in total. The normalized spacial score (nSPS) is 24.1. The van der Waals surface area contributed by atoms with Gasteiger partial charge in [-0.15, -0.1) is 0 Å². The van der Waals surface area contributed by atoms with Crippen LogP contribution < -0.4 is 5.32 Å². The van der Waals surface area contributed by atoms with Gasteiger partial charge >= 0.3 is 12.1 Å². The van der Waals surface area contributed by atoms with Crippen molar-refractivity contribution in [2.24, 2.45) is 0 Å². The van der Waals surface area contributed by atoms with E-state index in [1.165, 1.54) is 5.32 Å². The first-order valence-electron chi connectivity index (χ1n) is 4.92. The second kappa shape index (κ2) is 4.52. The molecule has 98 valence electrons. The number of carbonyl (C=O) groups excluding carboxylic acids is 1. The molecule has 0 aromatic rings. The lowest BCUT2D eigenvalue weighted by Crippen LogP contribution is -2.63. The summed E-state index contributed by atoms with van der Waals surface area (Å²) in [4.78, 5) is 22.1. The first kappa shape index (κ1) is 13.8. The molecule has 1 rings (SSSR count). The number of hydrogen-bond acceptors (Lipinski definition) is 3. The quantitative estimate of drug-likeness (QED) is 0.777. The van der Waals surface area contributed by atoms with E-state index < -0.39 is 29.7 Å². The topological polar surface area (TPSA) is 75.6 Å². The van der Waals surface area contributed by atoms with Crippen molar-refractivity contribution in [3.63, 3.8) is 0 Å². The van der Waals surface area contributed by atoms with E-state index in [0.29, 0.717) is 19.8 Å². The van der Waals surface area contributed by atoms with Gasteiger partial charge in [0, 0.05) is 6.61 Å². The molecule has 17 heavy (non-hydrogen) atoms. The molecule has 0 aromatic heterocycles. The van der Waals surface area contributed by atoms with Crippen LogP contribution in [0, 0.1) is 0 Å². The van der Waals surface area contributed by atoms with E-state index in [-0.39, 0.29) is 6.61 Å². The molecule has 0 radical (unpaired) electrons. The van der Waals surface area contributed by atoms with Crippen LogP contribution in [0.15, 0.2) is 0 Å². The summed E-state index contributed by atoms with van der Waals surface area (Å²) >= 11 is 0. The highest BCUT2D eigenvalue weighted by molar-refractivity contribution is 5.89. The van der Waals surface area contributed by atoms with Crippen LogP contribution in [0.3, 0.4) is 0 Å². The molecule has 1 fully saturated rings. The van der Waals surface area contributed by atoms with Crippen LogP contribution in [-0.4, -0.2) is 41.4 Å². The fourth-order valence-corrected chi connectivity index (χ4v) is 1.36. The highest BCUT2D eigenvalue weighted by Crippen LogP contribution is 2.30. The first-order chi connectivity index (χ1) is 7.68. The molecule has 1 unspecified atom stereocenters. The summed E-state index contributed by atoms with van der Waals surface area (Å²) in [5.74, 6) is -3.21. The number of halogens is 3. The number of carboxylic acid groups (broad SMARTS) is 1. The number of amides is 1. The van der Waals surface area contributed by atoms with Gasteiger partial charge in [-0.25, -0.2) is 4.79 Å². The molecular formula is C9H12F3NO4. The van der Waals surface area contributed by atoms with Crippen molar-refractivity contribution >= 4 is 11.9 Å². The summed E-state index contributed by atoms with van der Waals surface area (Å²) in [5.41, 5.74) is -3.30. The summed E-state index contributed by atoms with van der Waals surface area (Å²) in [6.07, 6.45) is -5.23. The Balaban J connectivity index is 2.80. The number of aliphatic carboxylic acids is 1. The summed E-state index contributed by atoms with van der Waals surface area (Å²) in [6, 6.07) is 0. The highest BCUT2D eigenvalue weighted by Gasteiger charge is 2.59. The van der Waals surface area contributed by atoms with Crippen molar-refractivity contribution in [2.45, 2.75) is 37.6 Å². The Morgan fingerprint density at radius 3 is 2.35 bits per heavy atom. The Labute approximate surface area is 94.9 Å².